The maximum absolute atomic E-state index is 13.1. The van der Waals surface area contributed by atoms with Crippen LogP contribution in [0.15, 0.2) is 77.9 Å². The van der Waals surface area contributed by atoms with E-state index in [0.717, 1.165) is 5.56 Å². The van der Waals surface area contributed by atoms with Crippen molar-refractivity contribution in [1.29, 1.82) is 0 Å². The Labute approximate surface area is 180 Å². The quantitative estimate of drug-likeness (QED) is 0.448. The minimum atomic E-state index is -0.263. The highest BCUT2D eigenvalue weighted by molar-refractivity contribution is 5.99. The molecule has 0 aliphatic carbocycles. The number of rotatable bonds is 8. The minimum absolute atomic E-state index is 0.253. The van der Waals surface area contributed by atoms with Crippen molar-refractivity contribution in [3.63, 3.8) is 0 Å². The molecule has 0 spiro atoms. The molecule has 2 aliphatic heterocycles. The first-order valence-corrected chi connectivity index (χ1v) is 10.2. The SMILES string of the molecule is COCCCNC(=O)c1cn(Cc2ccccc2)cc2c(=O)n(-c3ccccc3)nc1-2. The van der Waals surface area contributed by atoms with E-state index in [0.29, 0.717) is 48.6 Å². The number of methoxy groups -OCH3 is 1. The van der Waals surface area contributed by atoms with Crippen molar-refractivity contribution < 1.29 is 9.53 Å². The van der Waals surface area contributed by atoms with Gasteiger partial charge < -0.3 is 14.6 Å². The van der Waals surface area contributed by atoms with Crippen molar-refractivity contribution in [3.05, 3.63) is 94.5 Å². The van der Waals surface area contributed by atoms with E-state index in [9.17, 15) is 9.59 Å². The van der Waals surface area contributed by atoms with Crippen LogP contribution in [0.4, 0.5) is 0 Å². The van der Waals surface area contributed by atoms with Gasteiger partial charge in [0.15, 0.2) is 0 Å². The number of carbonyl (C=O) groups excluding carboxylic acids is 1. The van der Waals surface area contributed by atoms with Crippen molar-refractivity contribution in [2.45, 2.75) is 13.0 Å². The van der Waals surface area contributed by atoms with Gasteiger partial charge in [-0.05, 0) is 24.1 Å². The summed E-state index contributed by atoms with van der Waals surface area (Å²) in [4.78, 5) is 26.1. The molecule has 0 saturated carbocycles. The molecule has 31 heavy (non-hydrogen) atoms. The predicted molar refractivity (Wildman–Crippen MR) is 119 cm³/mol. The maximum Gasteiger partial charge on any atom is 0.282 e. The lowest BCUT2D eigenvalue weighted by Crippen LogP contribution is -2.27. The Bertz CT molecular complexity index is 1180. The third-order valence-electron chi connectivity index (χ3n) is 4.99. The summed E-state index contributed by atoms with van der Waals surface area (Å²) < 4.78 is 8.25. The van der Waals surface area contributed by atoms with E-state index in [1.54, 1.807) is 19.5 Å². The van der Waals surface area contributed by atoms with Crippen molar-refractivity contribution in [2.75, 3.05) is 20.3 Å². The zero-order valence-corrected chi connectivity index (χ0v) is 17.3. The zero-order chi connectivity index (χ0) is 21.6. The average Bonchev–Trinajstić information content (AvgIpc) is 3.14. The van der Waals surface area contributed by atoms with Crippen LogP contribution in [0.1, 0.15) is 22.3 Å². The first-order chi connectivity index (χ1) is 15.2. The maximum atomic E-state index is 13.1. The molecule has 2 heterocycles. The highest BCUT2D eigenvalue weighted by Gasteiger charge is 2.24. The summed E-state index contributed by atoms with van der Waals surface area (Å²) in [5, 5.41) is 7.40. The summed E-state index contributed by atoms with van der Waals surface area (Å²) in [5.74, 6) is -0.263. The van der Waals surface area contributed by atoms with Crippen molar-refractivity contribution in [1.82, 2.24) is 19.7 Å². The van der Waals surface area contributed by atoms with E-state index in [1.807, 2.05) is 65.2 Å². The summed E-state index contributed by atoms with van der Waals surface area (Å²) in [6.45, 7) is 1.58. The third kappa shape index (κ3) is 4.57. The number of carbonyl (C=O) groups is 1. The van der Waals surface area contributed by atoms with Crippen molar-refractivity contribution in [3.8, 4) is 16.9 Å². The molecule has 0 atom stereocenters. The fourth-order valence-corrected chi connectivity index (χ4v) is 3.47. The van der Waals surface area contributed by atoms with Crippen LogP contribution in [0.5, 0.6) is 0 Å². The molecule has 0 aromatic heterocycles. The van der Waals surface area contributed by atoms with Crippen LogP contribution in [-0.2, 0) is 11.3 Å². The van der Waals surface area contributed by atoms with Gasteiger partial charge in [-0.2, -0.15) is 9.78 Å². The molecule has 0 unspecified atom stereocenters. The third-order valence-corrected chi connectivity index (χ3v) is 4.99. The molecule has 4 rings (SSSR count). The number of fused-ring (bicyclic) bond motifs is 1. The van der Waals surface area contributed by atoms with E-state index in [1.165, 1.54) is 4.68 Å². The number of hydrogen-bond acceptors (Lipinski definition) is 4. The van der Waals surface area contributed by atoms with Gasteiger partial charge in [0.05, 0.1) is 16.8 Å². The molecule has 0 bridgehead atoms. The second-order valence-electron chi connectivity index (χ2n) is 7.25. The predicted octanol–water partition coefficient (Wildman–Crippen LogP) is 2.95. The summed E-state index contributed by atoms with van der Waals surface area (Å²) >= 11 is 0. The highest BCUT2D eigenvalue weighted by Crippen LogP contribution is 2.23. The van der Waals surface area contributed by atoms with Gasteiger partial charge >= 0.3 is 0 Å². The summed E-state index contributed by atoms with van der Waals surface area (Å²) in [6, 6.07) is 19.1. The molecule has 7 nitrogen and oxygen atoms in total. The summed E-state index contributed by atoms with van der Waals surface area (Å²) in [6.07, 6.45) is 4.22. The van der Waals surface area contributed by atoms with E-state index >= 15 is 0 Å². The Kier molecular flexibility index (Phi) is 6.24. The second-order valence-corrected chi connectivity index (χ2v) is 7.25. The molecule has 0 saturated heterocycles. The molecule has 0 radical (unpaired) electrons. The fraction of sp³-hybridized carbons (Fsp3) is 0.208. The van der Waals surface area contributed by atoms with Crippen LogP contribution in [0, 0.1) is 0 Å². The summed E-state index contributed by atoms with van der Waals surface area (Å²) in [7, 11) is 1.63. The molecule has 0 fully saturated rings. The minimum Gasteiger partial charge on any atom is -0.385 e. The Morgan fingerprint density at radius 1 is 1.03 bits per heavy atom. The largest absolute Gasteiger partial charge is 0.385 e. The number of benzene rings is 2. The topological polar surface area (TPSA) is 78.1 Å². The smallest absolute Gasteiger partial charge is 0.282 e. The molecule has 7 heteroatoms. The van der Waals surface area contributed by atoms with E-state index in [-0.39, 0.29) is 11.5 Å². The molecule has 158 valence electrons. The molecule has 2 aromatic rings. The number of nitrogens with zero attached hydrogens (tertiary/aromatic N) is 3. The van der Waals surface area contributed by atoms with Crippen LogP contribution in [-0.4, -0.2) is 40.5 Å². The van der Waals surface area contributed by atoms with E-state index < -0.39 is 0 Å². The number of pyridine rings is 1. The molecule has 1 N–H and O–H groups in total. The monoisotopic (exact) mass is 416 g/mol. The van der Waals surface area contributed by atoms with Gasteiger partial charge in [0, 0.05) is 39.2 Å². The van der Waals surface area contributed by atoms with Gasteiger partial charge in [0.25, 0.3) is 11.5 Å². The van der Waals surface area contributed by atoms with Crippen LogP contribution in [0.3, 0.4) is 0 Å². The van der Waals surface area contributed by atoms with E-state index in [2.05, 4.69) is 10.4 Å². The lowest BCUT2D eigenvalue weighted by molar-refractivity contribution is 0.0948. The lowest BCUT2D eigenvalue weighted by Gasteiger charge is -2.13. The van der Waals surface area contributed by atoms with Crippen LogP contribution in [0.25, 0.3) is 16.9 Å². The van der Waals surface area contributed by atoms with Crippen molar-refractivity contribution in [2.24, 2.45) is 0 Å². The molecule has 1 amide bonds. The lowest BCUT2D eigenvalue weighted by atomic mass is 10.1. The second kappa shape index (κ2) is 9.40. The molecular weight excluding hydrogens is 392 g/mol. The number of amides is 1. The Balaban J connectivity index is 1.77. The molecule has 2 aliphatic rings. The number of para-hydroxylation sites is 1. The first-order valence-electron chi connectivity index (χ1n) is 10.2. The normalized spacial score (nSPS) is 11.0. The van der Waals surface area contributed by atoms with Gasteiger partial charge in [0.1, 0.15) is 5.69 Å². The van der Waals surface area contributed by atoms with Crippen LogP contribution < -0.4 is 10.9 Å². The Morgan fingerprint density at radius 3 is 2.45 bits per heavy atom. The Morgan fingerprint density at radius 2 is 1.74 bits per heavy atom. The number of hydrogen-bond donors (Lipinski definition) is 1. The Hall–Kier alpha value is -3.71. The standard InChI is InChI=1S/C24H24N4O3/c1-31-14-8-13-25-23(29)20-16-27(15-18-9-4-2-5-10-18)17-21-22(20)26-28(24(21)30)19-11-6-3-7-12-19/h2-7,9-12,16-17H,8,13-15H2,1H3,(H,25,29). The van der Waals surface area contributed by atoms with Crippen LogP contribution >= 0.6 is 0 Å². The van der Waals surface area contributed by atoms with Crippen LogP contribution in [0.2, 0.25) is 0 Å². The number of ether oxygens (including phenoxy) is 1. The molecular formula is C24H24N4O3. The van der Waals surface area contributed by atoms with Gasteiger partial charge in [-0.3, -0.25) is 9.59 Å². The average molecular weight is 416 g/mol. The number of nitrogens with one attached hydrogen (secondary N) is 1. The van der Waals surface area contributed by atoms with Crippen molar-refractivity contribution >= 4 is 5.91 Å². The zero-order valence-electron chi connectivity index (χ0n) is 17.3. The summed E-state index contributed by atoms with van der Waals surface area (Å²) in [5.41, 5.74) is 2.65. The van der Waals surface area contributed by atoms with Gasteiger partial charge in [-0.1, -0.05) is 48.5 Å². The van der Waals surface area contributed by atoms with Gasteiger partial charge in [-0.25, -0.2) is 0 Å². The highest BCUT2D eigenvalue weighted by atomic mass is 16.5. The molecule has 2 aromatic carbocycles. The van der Waals surface area contributed by atoms with Gasteiger partial charge in [0.2, 0.25) is 0 Å². The number of aromatic nitrogens is 3. The first kappa shape index (κ1) is 20.6. The fourth-order valence-electron chi connectivity index (χ4n) is 3.47. The van der Waals surface area contributed by atoms with Gasteiger partial charge in [-0.15, -0.1) is 0 Å². The van der Waals surface area contributed by atoms with E-state index in [4.69, 9.17) is 4.74 Å².